The van der Waals surface area contributed by atoms with E-state index < -0.39 is 0 Å². The molecule has 1 rings (SSSR count). The summed E-state index contributed by atoms with van der Waals surface area (Å²) in [4.78, 5) is 25.9. The number of rotatable bonds is 5. The lowest BCUT2D eigenvalue weighted by Gasteiger charge is -2.01. The van der Waals surface area contributed by atoms with Crippen LogP contribution < -0.4 is 5.32 Å². The number of anilines is 1. The molecule has 6 nitrogen and oxygen atoms in total. The van der Waals surface area contributed by atoms with Crippen LogP contribution >= 0.6 is 11.5 Å². The molecule has 0 fully saturated rings. The van der Waals surface area contributed by atoms with E-state index in [2.05, 4.69) is 19.4 Å². The van der Waals surface area contributed by atoms with Gasteiger partial charge >= 0.3 is 5.97 Å². The van der Waals surface area contributed by atoms with Gasteiger partial charge in [-0.2, -0.15) is 4.37 Å². The number of carbonyl (C=O) groups is 2. The summed E-state index contributed by atoms with van der Waals surface area (Å²) in [5, 5.41) is 2.95. The standard InChI is InChI=1S/C8H11N3O3S/c1-2-14-7(13)4-3-6(12)11-8-9-5-10-15-8/h5H,2-4H2,1H3,(H,9,10,11,12). The average molecular weight is 229 g/mol. The third-order valence-corrected chi connectivity index (χ3v) is 2.05. The first-order chi connectivity index (χ1) is 7.22. The Bertz CT molecular complexity index is 326. The number of ether oxygens (including phenoxy) is 1. The third-order valence-electron chi connectivity index (χ3n) is 1.47. The minimum atomic E-state index is -0.370. The molecule has 0 aliphatic heterocycles. The quantitative estimate of drug-likeness (QED) is 0.756. The highest BCUT2D eigenvalue weighted by Crippen LogP contribution is 2.07. The second-order valence-electron chi connectivity index (χ2n) is 2.60. The highest BCUT2D eigenvalue weighted by molar-refractivity contribution is 7.09. The Morgan fingerprint density at radius 1 is 1.53 bits per heavy atom. The molecule has 0 saturated heterocycles. The van der Waals surface area contributed by atoms with E-state index in [0.29, 0.717) is 11.7 Å². The summed E-state index contributed by atoms with van der Waals surface area (Å²) < 4.78 is 8.41. The number of esters is 1. The van der Waals surface area contributed by atoms with E-state index in [9.17, 15) is 9.59 Å². The third kappa shape index (κ3) is 4.50. The second kappa shape index (κ2) is 6.07. The molecule has 0 saturated carbocycles. The van der Waals surface area contributed by atoms with Crippen LogP contribution in [0, 0.1) is 0 Å². The smallest absolute Gasteiger partial charge is 0.306 e. The summed E-state index contributed by atoms with van der Waals surface area (Å²) >= 11 is 1.09. The summed E-state index contributed by atoms with van der Waals surface area (Å²) in [6.45, 7) is 2.05. The van der Waals surface area contributed by atoms with Crippen LogP contribution in [0.1, 0.15) is 19.8 Å². The molecule has 0 radical (unpaired) electrons. The van der Waals surface area contributed by atoms with E-state index in [1.54, 1.807) is 6.92 Å². The number of nitrogens with zero attached hydrogens (tertiary/aromatic N) is 2. The first-order valence-electron chi connectivity index (χ1n) is 4.44. The summed E-state index contributed by atoms with van der Waals surface area (Å²) in [7, 11) is 0. The number of nitrogens with one attached hydrogen (secondary N) is 1. The molecule has 0 unspecified atom stereocenters. The van der Waals surface area contributed by atoms with Gasteiger partial charge < -0.3 is 10.1 Å². The monoisotopic (exact) mass is 229 g/mol. The molecular weight excluding hydrogens is 218 g/mol. The molecule has 0 atom stereocenters. The summed E-state index contributed by atoms with van der Waals surface area (Å²) in [5.41, 5.74) is 0. The topological polar surface area (TPSA) is 81.2 Å². The van der Waals surface area contributed by atoms with E-state index in [-0.39, 0.29) is 24.7 Å². The van der Waals surface area contributed by atoms with Gasteiger partial charge in [0.05, 0.1) is 13.0 Å². The lowest BCUT2D eigenvalue weighted by atomic mass is 10.3. The second-order valence-corrected chi connectivity index (χ2v) is 3.38. The zero-order valence-electron chi connectivity index (χ0n) is 8.23. The zero-order valence-corrected chi connectivity index (χ0v) is 9.04. The van der Waals surface area contributed by atoms with Crippen LogP contribution in [0.3, 0.4) is 0 Å². The molecule has 7 heteroatoms. The summed E-state index contributed by atoms with van der Waals surface area (Å²) in [5.74, 6) is -0.635. The van der Waals surface area contributed by atoms with Crippen molar-refractivity contribution in [2.75, 3.05) is 11.9 Å². The van der Waals surface area contributed by atoms with Crippen molar-refractivity contribution < 1.29 is 14.3 Å². The van der Waals surface area contributed by atoms with Crippen molar-refractivity contribution in [2.45, 2.75) is 19.8 Å². The van der Waals surface area contributed by atoms with Gasteiger partial charge in [0.25, 0.3) is 0 Å². The van der Waals surface area contributed by atoms with Gasteiger partial charge in [0, 0.05) is 18.0 Å². The van der Waals surface area contributed by atoms with E-state index >= 15 is 0 Å². The van der Waals surface area contributed by atoms with Gasteiger partial charge in [0.2, 0.25) is 11.0 Å². The lowest BCUT2D eigenvalue weighted by Crippen LogP contribution is -2.14. The van der Waals surface area contributed by atoms with Crippen LogP contribution in [0.2, 0.25) is 0 Å². The van der Waals surface area contributed by atoms with Crippen LogP contribution in [0.5, 0.6) is 0 Å². The lowest BCUT2D eigenvalue weighted by molar-refractivity contribution is -0.144. The van der Waals surface area contributed by atoms with E-state index in [0.717, 1.165) is 11.5 Å². The summed E-state index contributed by atoms with van der Waals surface area (Å²) in [6, 6.07) is 0. The van der Waals surface area contributed by atoms with E-state index in [4.69, 9.17) is 0 Å². The van der Waals surface area contributed by atoms with Gasteiger partial charge in [-0.15, -0.1) is 0 Å². The minimum Gasteiger partial charge on any atom is -0.466 e. The van der Waals surface area contributed by atoms with E-state index in [1.807, 2.05) is 0 Å². The first-order valence-corrected chi connectivity index (χ1v) is 5.22. The Balaban J connectivity index is 2.22. The van der Waals surface area contributed by atoms with Gasteiger partial charge in [-0.3, -0.25) is 9.59 Å². The molecule has 15 heavy (non-hydrogen) atoms. The van der Waals surface area contributed by atoms with Crippen molar-refractivity contribution in [2.24, 2.45) is 0 Å². The highest BCUT2D eigenvalue weighted by atomic mass is 32.1. The Morgan fingerprint density at radius 3 is 2.93 bits per heavy atom. The number of hydrogen-bond acceptors (Lipinski definition) is 6. The normalized spacial score (nSPS) is 9.67. The zero-order chi connectivity index (χ0) is 11.1. The maximum Gasteiger partial charge on any atom is 0.306 e. The molecule has 82 valence electrons. The Kier molecular flexibility index (Phi) is 4.69. The first kappa shape index (κ1) is 11.6. The van der Waals surface area contributed by atoms with Crippen molar-refractivity contribution in [1.82, 2.24) is 9.36 Å². The van der Waals surface area contributed by atoms with Crippen molar-refractivity contribution in [1.29, 1.82) is 0 Å². The van der Waals surface area contributed by atoms with Gasteiger partial charge in [-0.1, -0.05) is 0 Å². The SMILES string of the molecule is CCOC(=O)CCC(=O)Nc1ncns1. The van der Waals surface area contributed by atoms with Crippen molar-refractivity contribution >= 4 is 28.5 Å². The van der Waals surface area contributed by atoms with Crippen LogP contribution in [0.4, 0.5) is 5.13 Å². The van der Waals surface area contributed by atoms with Crippen LogP contribution in [-0.4, -0.2) is 27.8 Å². The molecule has 1 aromatic heterocycles. The minimum absolute atomic E-state index is 0.0818. The van der Waals surface area contributed by atoms with Crippen molar-refractivity contribution in [3.05, 3.63) is 6.33 Å². The maximum absolute atomic E-state index is 11.2. The predicted octanol–water partition coefficient (Wildman–Crippen LogP) is 0.820. The summed E-state index contributed by atoms with van der Waals surface area (Å²) in [6.07, 6.45) is 1.53. The molecular formula is C8H11N3O3S. The largest absolute Gasteiger partial charge is 0.466 e. The molecule has 0 aliphatic carbocycles. The fraction of sp³-hybridized carbons (Fsp3) is 0.500. The van der Waals surface area contributed by atoms with Crippen LogP contribution in [-0.2, 0) is 14.3 Å². The maximum atomic E-state index is 11.2. The molecule has 1 heterocycles. The number of aromatic nitrogens is 2. The highest BCUT2D eigenvalue weighted by Gasteiger charge is 2.08. The molecule has 0 aliphatic rings. The molecule has 1 N–H and O–H groups in total. The van der Waals surface area contributed by atoms with Crippen LogP contribution in [0.15, 0.2) is 6.33 Å². The van der Waals surface area contributed by atoms with Crippen LogP contribution in [0.25, 0.3) is 0 Å². The number of hydrogen-bond donors (Lipinski definition) is 1. The molecule has 0 bridgehead atoms. The van der Waals surface area contributed by atoms with Crippen molar-refractivity contribution in [3.8, 4) is 0 Å². The Morgan fingerprint density at radius 2 is 2.33 bits per heavy atom. The van der Waals surface area contributed by atoms with E-state index in [1.165, 1.54) is 6.33 Å². The molecule has 0 spiro atoms. The Labute approximate surface area is 90.8 Å². The van der Waals surface area contributed by atoms with Gasteiger partial charge in [-0.05, 0) is 6.92 Å². The van der Waals surface area contributed by atoms with Gasteiger partial charge in [0.15, 0.2) is 0 Å². The molecule has 0 aromatic carbocycles. The van der Waals surface area contributed by atoms with Gasteiger partial charge in [0.1, 0.15) is 6.33 Å². The average Bonchev–Trinajstić information content (AvgIpc) is 2.68. The predicted molar refractivity (Wildman–Crippen MR) is 54.4 cm³/mol. The fourth-order valence-corrected chi connectivity index (χ4v) is 1.31. The Hall–Kier alpha value is -1.50. The van der Waals surface area contributed by atoms with Crippen molar-refractivity contribution in [3.63, 3.8) is 0 Å². The molecule has 1 amide bonds. The number of carbonyl (C=O) groups excluding carboxylic acids is 2. The fourth-order valence-electron chi connectivity index (χ4n) is 0.859. The molecule has 1 aromatic rings. The van der Waals surface area contributed by atoms with Gasteiger partial charge in [-0.25, -0.2) is 4.98 Å². The number of amides is 1.